The molecule has 0 radical (unpaired) electrons. The first kappa shape index (κ1) is 24.2. The second kappa shape index (κ2) is 10.3. The highest BCUT2D eigenvalue weighted by molar-refractivity contribution is 5.50. The van der Waals surface area contributed by atoms with Crippen LogP contribution >= 0.6 is 0 Å². The molecule has 3 nitrogen and oxygen atoms in total. The quantitative estimate of drug-likeness (QED) is 0.459. The topological polar surface area (TPSA) is 38.7 Å². The summed E-state index contributed by atoms with van der Waals surface area (Å²) in [6.45, 7) is 16.6. The van der Waals surface area contributed by atoms with Crippen molar-refractivity contribution in [3.8, 4) is 5.75 Å². The van der Waals surface area contributed by atoms with Crippen molar-refractivity contribution >= 4 is 0 Å². The van der Waals surface area contributed by atoms with Gasteiger partial charge in [0.05, 0.1) is 13.2 Å². The van der Waals surface area contributed by atoms with E-state index in [-0.39, 0.29) is 17.1 Å². The maximum atomic E-state index is 10.9. The summed E-state index contributed by atoms with van der Waals surface area (Å²) >= 11 is 0. The standard InChI is InChI=1S/C26H44O3/c1-8-9-10-11-12-13-14-19-17-28-24(29-18-19)20-15-21(25(2,3)4)23(27)22(16-20)26(5,6)7/h15-16,19,24,27H,8-14,17-18H2,1-7H3. The molecule has 166 valence electrons. The highest BCUT2D eigenvalue weighted by atomic mass is 16.7. The molecule has 0 unspecified atom stereocenters. The number of unbranched alkanes of at least 4 members (excludes halogenated alkanes) is 5. The largest absolute Gasteiger partial charge is 0.507 e. The van der Waals surface area contributed by atoms with Crippen LogP contribution < -0.4 is 0 Å². The van der Waals surface area contributed by atoms with Crippen LogP contribution in [0, 0.1) is 5.92 Å². The van der Waals surface area contributed by atoms with Crippen molar-refractivity contribution in [1.82, 2.24) is 0 Å². The highest BCUT2D eigenvalue weighted by Crippen LogP contribution is 2.42. The van der Waals surface area contributed by atoms with E-state index >= 15 is 0 Å². The third kappa shape index (κ3) is 7.00. The zero-order chi connectivity index (χ0) is 21.7. The summed E-state index contributed by atoms with van der Waals surface area (Å²) in [4.78, 5) is 0. The molecule has 1 N–H and O–H groups in total. The van der Waals surface area contributed by atoms with Crippen LogP contribution in [-0.2, 0) is 20.3 Å². The van der Waals surface area contributed by atoms with Gasteiger partial charge in [-0.1, -0.05) is 87.0 Å². The van der Waals surface area contributed by atoms with E-state index in [4.69, 9.17) is 9.47 Å². The van der Waals surface area contributed by atoms with Gasteiger partial charge in [-0.05, 0) is 40.5 Å². The van der Waals surface area contributed by atoms with Gasteiger partial charge in [0.25, 0.3) is 0 Å². The van der Waals surface area contributed by atoms with Crippen molar-refractivity contribution in [3.63, 3.8) is 0 Å². The Morgan fingerprint density at radius 3 is 1.79 bits per heavy atom. The minimum Gasteiger partial charge on any atom is -0.507 e. The van der Waals surface area contributed by atoms with Crippen molar-refractivity contribution < 1.29 is 14.6 Å². The lowest BCUT2D eigenvalue weighted by molar-refractivity contribution is -0.206. The number of hydrogen-bond donors (Lipinski definition) is 1. The number of phenols is 1. The number of rotatable bonds is 8. The monoisotopic (exact) mass is 404 g/mol. The fourth-order valence-corrected chi connectivity index (χ4v) is 4.05. The van der Waals surface area contributed by atoms with Gasteiger partial charge in [-0.3, -0.25) is 0 Å². The van der Waals surface area contributed by atoms with Crippen molar-refractivity contribution in [2.45, 2.75) is 111 Å². The van der Waals surface area contributed by atoms with Crippen molar-refractivity contribution in [2.75, 3.05) is 13.2 Å². The molecule has 0 amide bonds. The van der Waals surface area contributed by atoms with Crippen LogP contribution in [0.2, 0.25) is 0 Å². The van der Waals surface area contributed by atoms with E-state index in [1.54, 1.807) is 0 Å². The molecule has 0 aromatic heterocycles. The smallest absolute Gasteiger partial charge is 0.183 e. The average molecular weight is 405 g/mol. The molecule has 0 atom stereocenters. The van der Waals surface area contributed by atoms with Gasteiger partial charge in [-0.2, -0.15) is 0 Å². The maximum absolute atomic E-state index is 10.9. The number of ether oxygens (including phenoxy) is 2. The van der Waals surface area contributed by atoms with Gasteiger partial charge in [0.1, 0.15) is 5.75 Å². The van der Waals surface area contributed by atoms with Crippen LogP contribution in [0.15, 0.2) is 12.1 Å². The molecule has 1 aliphatic heterocycles. The summed E-state index contributed by atoms with van der Waals surface area (Å²) < 4.78 is 12.3. The summed E-state index contributed by atoms with van der Waals surface area (Å²) in [6.07, 6.45) is 8.82. The van der Waals surface area contributed by atoms with E-state index in [1.807, 2.05) is 0 Å². The van der Waals surface area contributed by atoms with Gasteiger partial charge >= 0.3 is 0 Å². The Morgan fingerprint density at radius 1 is 0.828 bits per heavy atom. The predicted molar refractivity (Wildman–Crippen MR) is 122 cm³/mol. The third-order valence-corrected chi connectivity index (χ3v) is 5.95. The summed E-state index contributed by atoms with van der Waals surface area (Å²) in [5, 5.41) is 10.9. The minimum atomic E-state index is -0.335. The van der Waals surface area contributed by atoms with Crippen LogP contribution in [-0.4, -0.2) is 18.3 Å². The molecule has 29 heavy (non-hydrogen) atoms. The number of hydrogen-bond acceptors (Lipinski definition) is 3. The molecule has 3 heteroatoms. The van der Waals surface area contributed by atoms with Crippen LogP contribution in [0.1, 0.15) is 116 Å². The molecule has 0 spiro atoms. The van der Waals surface area contributed by atoms with E-state index < -0.39 is 0 Å². The van der Waals surface area contributed by atoms with Crippen molar-refractivity contribution in [2.24, 2.45) is 5.92 Å². The molecule has 2 rings (SSSR count). The second-order valence-electron chi connectivity index (χ2n) is 10.9. The van der Waals surface area contributed by atoms with E-state index in [0.29, 0.717) is 11.7 Å². The van der Waals surface area contributed by atoms with Gasteiger partial charge in [-0.25, -0.2) is 0 Å². The molecule has 1 aliphatic rings. The summed E-state index contributed by atoms with van der Waals surface area (Å²) in [5.41, 5.74) is 2.66. The Kier molecular flexibility index (Phi) is 8.60. The van der Waals surface area contributed by atoms with Crippen LogP contribution in [0.3, 0.4) is 0 Å². The molecular weight excluding hydrogens is 360 g/mol. The predicted octanol–water partition coefficient (Wildman–Crippen LogP) is 7.40. The van der Waals surface area contributed by atoms with E-state index in [1.165, 1.54) is 44.9 Å². The molecule has 1 saturated heterocycles. The normalized spacial score (nSPS) is 20.8. The third-order valence-electron chi connectivity index (χ3n) is 5.95. The zero-order valence-electron chi connectivity index (χ0n) is 19.9. The summed E-state index contributed by atoms with van der Waals surface area (Å²) in [5.74, 6) is 0.907. The van der Waals surface area contributed by atoms with E-state index in [9.17, 15) is 5.11 Å². The fraction of sp³-hybridized carbons (Fsp3) is 0.769. The highest BCUT2D eigenvalue weighted by Gasteiger charge is 2.30. The average Bonchev–Trinajstić information content (AvgIpc) is 2.63. The molecule has 0 aliphatic carbocycles. The Hall–Kier alpha value is -1.06. The van der Waals surface area contributed by atoms with Crippen molar-refractivity contribution in [1.29, 1.82) is 0 Å². The van der Waals surface area contributed by atoms with Crippen molar-refractivity contribution in [3.05, 3.63) is 28.8 Å². The van der Waals surface area contributed by atoms with E-state index in [2.05, 4.69) is 60.6 Å². The molecular formula is C26H44O3. The number of phenolic OH excluding ortho intramolecular Hbond substituents is 1. The molecule has 0 bridgehead atoms. The molecule has 1 aromatic carbocycles. The van der Waals surface area contributed by atoms with Gasteiger partial charge in [-0.15, -0.1) is 0 Å². The first-order valence-electron chi connectivity index (χ1n) is 11.6. The molecule has 1 aromatic rings. The first-order valence-corrected chi connectivity index (χ1v) is 11.6. The van der Waals surface area contributed by atoms with Gasteiger partial charge in [0, 0.05) is 11.5 Å². The molecule has 1 heterocycles. The number of aromatic hydroxyl groups is 1. The fourth-order valence-electron chi connectivity index (χ4n) is 4.05. The van der Waals surface area contributed by atoms with E-state index in [0.717, 1.165) is 29.9 Å². The van der Waals surface area contributed by atoms with Crippen LogP contribution in [0.5, 0.6) is 5.75 Å². The SMILES string of the molecule is CCCCCCCCC1COC(c2cc(C(C)(C)C)c(O)c(C(C)(C)C)c2)OC1. The second-order valence-corrected chi connectivity index (χ2v) is 10.9. The maximum Gasteiger partial charge on any atom is 0.183 e. The lowest BCUT2D eigenvalue weighted by Gasteiger charge is -2.33. The molecule has 0 saturated carbocycles. The zero-order valence-corrected chi connectivity index (χ0v) is 19.9. The van der Waals surface area contributed by atoms with Gasteiger partial charge in [0.15, 0.2) is 6.29 Å². The number of benzene rings is 1. The summed E-state index contributed by atoms with van der Waals surface area (Å²) in [6, 6.07) is 4.15. The first-order chi connectivity index (χ1) is 13.5. The van der Waals surface area contributed by atoms with Gasteiger partial charge < -0.3 is 14.6 Å². The van der Waals surface area contributed by atoms with Gasteiger partial charge in [0.2, 0.25) is 0 Å². The lowest BCUT2D eigenvalue weighted by atomic mass is 9.78. The Bertz CT molecular complexity index is 593. The lowest BCUT2D eigenvalue weighted by Crippen LogP contribution is -2.28. The minimum absolute atomic E-state index is 0.144. The Balaban J connectivity index is 2.01. The Labute approximate surface area is 179 Å². The van der Waals surface area contributed by atoms with Crippen LogP contribution in [0.25, 0.3) is 0 Å². The van der Waals surface area contributed by atoms with Crippen LogP contribution in [0.4, 0.5) is 0 Å². The summed E-state index contributed by atoms with van der Waals surface area (Å²) in [7, 11) is 0. The Morgan fingerprint density at radius 2 is 1.31 bits per heavy atom. The molecule has 1 fully saturated rings.